The van der Waals surface area contributed by atoms with Gasteiger partial charge in [-0.25, -0.2) is 0 Å². The molecule has 0 saturated heterocycles. The topological polar surface area (TPSA) is 51.0 Å². The maximum atomic E-state index is 6.17. The molecule has 0 aliphatic rings. The molecule has 3 N–H and O–H groups in total. The Labute approximate surface area is 95.6 Å². The molecule has 0 fully saturated rings. The van der Waals surface area contributed by atoms with E-state index in [4.69, 9.17) is 10.5 Å². The molecule has 0 radical (unpaired) electrons. The summed E-state index contributed by atoms with van der Waals surface area (Å²) in [4.78, 5) is 3.24. The molecular weight excluding hydrogens is 200 g/mol. The first-order chi connectivity index (χ1) is 7.63. The van der Waals surface area contributed by atoms with Gasteiger partial charge in [-0.1, -0.05) is 13.8 Å². The fraction of sp³-hybridized carbons (Fsp3) is 0.385. The Hall–Kier alpha value is -1.48. The number of ether oxygens (including phenoxy) is 1. The van der Waals surface area contributed by atoms with Gasteiger partial charge in [-0.05, 0) is 23.6 Å². The second kappa shape index (κ2) is 4.18. The lowest BCUT2D eigenvalue weighted by Gasteiger charge is -2.14. The summed E-state index contributed by atoms with van der Waals surface area (Å²) in [6.45, 7) is 4.26. The molecule has 0 aliphatic carbocycles. The molecule has 0 aliphatic heterocycles. The van der Waals surface area contributed by atoms with Crippen LogP contribution in [-0.2, 0) is 0 Å². The number of methoxy groups -OCH3 is 1. The Morgan fingerprint density at radius 2 is 2.06 bits per heavy atom. The maximum absolute atomic E-state index is 6.17. The monoisotopic (exact) mass is 218 g/mol. The van der Waals surface area contributed by atoms with Crippen molar-refractivity contribution >= 4 is 10.9 Å². The molecule has 0 saturated carbocycles. The van der Waals surface area contributed by atoms with Crippen molar-refractivity contribution in [2.24, 2.45) is 11.7 Å². The lowest BCUT2D eigenvalue weighted by atomic mass is 9.97. The standard InChI is InChI=1S/C13H18N2O/c1-8(2)13(14)11-7-15-12-6-9(16-3)4-5-10(11)12/h4-8,13,15H,14H2,1-3H3. The van der Waals surface area contributed by atoms with Crippen LogP contribution in [0.1, 0.15) is 25.5 Å². The first-order valence-electron chi connectivity index (χ1n) is 5.54. The number of nitrogens with one attached hydrogen (secondary N) is 1. The molecule has 1 atom stereocenters. The molecule has 3 heteroatoms. The van der Waals surface area contributed by atoms with E-state index in [1.54, 1.807) is 7.11 Å². The van der Waals surface area contributed by atoms with Gasteiger partial charge in [0.15, 0.2) is 0 Å². The van der Waals surface area contributed by atoms with E-state index >= 15 is 0 Å². The number of benzene rings is 1. The van der Waals surface area contributed by atoms with Crippen LogP contribution in [0.3, 0.4) is 0 Å². The van der Waals surface area contributed by atoms with E-state index in [1.165, 1.54) is 10.9 Å². The first-order valence-corrected chi connectivity index (χ1v) is 5.54. The van der Waals surface area contributed by atoms with Crippen LogP contribution in [0.25, 0.3) is 10.9 Å². The lowest BCUT2D eigenvalue weighted by molar-refractivity contribution is 0.415. The molecule has 1 aromatic heterocycles. The highest BCUT2D eigenvalue weighted by Gasteiger charge is 2.14. The van der Waals surface area contributed by atoms with Crippen LogP contribution in [0.15, 0.2) is 24.4 Å². The minimum Gasteiger partial charge on any atom is -0.497 e. The van der Waals surface area contributed by atoms with Crippen molar-refractivity contribution in [2.75, 3.05) is 7.11 Å². The molecule has 0 amide bonds. The fourth-order valence-corrected chi connectivity index (χ4v) is 1.89. The lowest BCUT2D eigenvalue weighted by Crippen LogP contribution is -2.16. The summed E-state index contributed by atoms with van der Waals surface area (Å²) < 4.78 is 5.19. The number of hydrogen-bond donors (Lipinski definition) is 2. The number of fused-ring (bicyclic) bond motifs is 1. The van der Waals surface area contributed by atoms with Gasteiger partial charge >= 0.3 is 0 Å². The summed E-state index contributed by atoms with van der Waals surface area (Å²) in [7, 11) is 1.67. The van der Waals surface area contributed by atoms with E-state index < -0.39 is 0 Å². The predicted molar refractivity (Wildman–Crippen MR) is 66.6 cm³/mol. The van der Waals surface area contributed by atoms with E-state index in [-0.39, 0.29) is 6.04 Å². The minimum atomic E-state index is 0.0714. The highest BCUT2D eigenvalue weighted by Crippen LogP contribution is 2.29. The van der Waals surface area contributed by atoms with Gasteiger partial charge in [0.05, 0.1) is 7.11 Å². The van der Waals surface area contributed by atoms with Crippen molar-refractivity contribution in [3.63, 3.8) is 0 Å². The van der Waals surface area contributed by atoms with Gasteiger partial charge in [0.1, 0.15) is 5.75 Å². The van der Waals surface area contributed by atoms with Crippen molar-refractivity contribution in [1.29, 1.82) is 0 Å². The van der Waals surface area contributed by atoms with E-state index in [0.29, 0.717) is 5.92 Å². The van der Waals surface area contributed by atoms with Crippen LogP contribution in [-0.4, -0.2) is 12.1 Å². The van der Waals surface area contributed by atoms with E-state index in [9.17, 15) is 0 Å². The quantitative estimate of drug-likeness (QED) is 0.832. The van der Waals surface area contributed by atoms with Gasteiger partial charge in [-0.2, -0.15) is 0 Å². The second-order valence-corrected chi connectivity index (χ2v) is 4.43. The number of aromatic amines is 1. The Kier molecular flexibility index (Phi) is 2.88. The van der Waals surface area contributed by atoms with Crippen LogP contribution in [0.5, 0.6) is 5.75 Å². The largest absolute Gasteiger partial charge is 0.497 e. The number of H-pyrrole nitrogens is 1. The Bertz CT molecular complexity index is 488. The van der Waals surface area contributed by atoms with Crippen molar-refractivity contribution < 1.29 is 4.74 Å². The van der Waals surface area contributed by atoms with E-state index in [1.807, 2.05) is 18.3 Å². The molecule has 1 unspecified atom stereocenters. The molecule has 2 rings (SSSR count). The molecule has 1 aromatic carbocycles. The minimum absolute atomic E-state index is 0.0714. The van der Waals surface area contributed by atoms with E-state index in [0.717, 1.165) is 11.3 Å². The number of rotatable bonds is 3. The van der Waals surface area contributed by atoms with Gasteiger partial charge in [0.25, 0.3) is 0 Å². The van der Waals surface area contributed by atoms with Gasteiger partial charge in [0, 0.05) is 29.2 Å². The summed E-state index contributed by atoms with van der Waals surface area (Å²) in [6.07, 6.45) is 1.99. The molecular formula is C13H18N2O. The molecule has 0 spiro atoms. The van der Waals surface area contributed by atoms with Crippen LogP contribution >= 0.6 is 0 Å². The molecule has 3 nitrogen and oxygen atoms in total. The fourth-order valence-electron chi connectivity index (χ4n) is 1.89. The maximum Gasteiger partial charge on any atom is 0.120 e. The van der Waals surface area contributed by atoms with Gasteiger partial charge < -0.3 is 15.5 Å². The third-order valence-electron chi connectivity index (χ3n) is 3.00. The summed E-state index contributed by atoms with van der Waals surface area (Å²) >= 11 is 0. The smallest absolute Gasteiger partial charge is 0.120 e. The van der Waals surface area contributed by atoms with Gasteiger partial charge in [-0.15, -0.1) is 0 Å². The molecule has 86 valence electrons. The third-order valence-corrected chi connectivity index (χ3v) is 3.00. The molecule has 16 heavy (non-hydrogen) atoms. The Morgan fingerprint density at radius 1 is 1.31 bits per heavy atom. The number of nitrogens with two attached hydrogens (primary N) is 1. The van der Waals surface area contributed by atoms with E-state index in [2.05, 4.69) is 24.9 Å². The SMILES string of the molecule is COc1ccc2c(C(N)C(C)C)c[nH]c2c1. The highest BCUT2D eigenvalue weighted by atomic mass is 16.5. The average Bonchev–Trinajstić information content (AvgIpc) is 2.70. The average molecular weight is 218 g/mol. The Morgan fingerprint density at radius 3 is 2.69 bits per heavy atom. The summed E-state index contributed by atoms with van der Waals surface area (Å²) in [5.74, 6) is 1.29. The molecule has 0 bridgehead atoms. The van der Waals surface area contributed by atoms with Crippen molar-refractivity contribution in [3.8, 4) is 5.75 Å². The predicted octanol–water partition coefficient (Wildman–Crippen LogP) is 2.83. The number of hydrogen-bond acceptors (Lipinski definition) is 2. The van der Waals surface area contributed by atoms with Crippen molar-refractivity contribution in [1.82, 2.24) is 4.98 Å². The highest BCUT2D eigenvalue weighted by molar-refractivity contribution is 5.85. The van der Waals surface area contributed by atoms with Gasteiger partial charge in [-0.3, -0.25) is 0 Å². The normalized spacial score (nSPS) is 13.3. The molecule has 2 aromatic rings. The second-order valence-electron chi connectivity index (χ2n) is 4.43. The van der Waals surface area contributed by atoms with Crippen molar-refractivity contribution in [2.45, 2.75) is 19.9 Å². The third kappa shape index (κ3) is 1.78. The zero-order valence-corrected chi connectivity index (χ0v) is 9.95. The summed E-state index contributed by atoms with van der Waals surface area (Å²) in [5, 5.41) is 1.18. The first kappa shape index (κ1) is 11.0. The van der Waals surface area contributed by atoms with Crippen LogP contribution < -0.4 is 10.5 Å². The van der Waals surface area contributed by atoms with Crippen molar-refractivity contribution in [3.05, 3.63) is 30.0 Å². The van der Waals surface area contributed by atoms with Gasteiger partial charge in [0.2, 0.25) is 0 Å². The number of aromatic nitrogens is 1. The summed E-state index contributed by atoms with van der Waals surface area (Å²) in [6, 6.07) is 6.09. The zero-order chi connectivity index (χ0) is 11.7. The zero-order valence-electron chi connectivity index (χ0n) is 9.95. The summed E-state index contributed by atoms with van der Waals surface area (Å²) in [5.41, 5.74) is 8.42. The van der Waals surface area contributed by atoms with Crippen LogP contribution in [0, 0.1) is 5.92 Å². The van der Waals surface area contributed by atoms with Crippen LogP contribution in [0.4, 0.5) is 0 Å². The molecule has 1 heterocycles. The Balaban J connectivity index is 2.49. The van der Waals surface area contributed by atoms with Crippen LogP contribution in [0.2, 0.25) is 0 Å².